The van der Waals surface area contributed by atoms with Crippen molar-refractivity contribution in [2.75, 3.05) is 6.61 Å². The monoisotopic (exact) mass is 538 g/mol. The highest BCUT2D eigenvalue weighted by Crippen LogP contribution is 2.37. The van der Waals surface area contributed by atoms with Crippen LogP contribution in [-0.2, 0) is 0 Å². The molecule has 0 aromatic heterocycles. The molecule has 88 valence electrons. The number of halogens is 5. The van der Waals surface area contributed by atoms with Gasteiger partial charge >= 0.3 is 0 Å². The van der Waals surface area contributed by atoms with E-state index in [9.17, 15) is 0 Å². The molecule has 0 unspecified atom stereocenters. The summed E-state index contributed by atoms with van der Waals surface area (Å²) in [5.74, 6) is 0.786. The second kappa shape index (κ2) is 6.92. The molecule has 0 fully saturated rings. The molecule has 0 aliphatic rings. The Morgan fingerprint density at radius 3 is 2.06 bits per heavy atom. The van der Waals surface area contributed by atoms with Crippen LogP contribution in [0.2, 0.25) is 0 Å². The average molecular weight is 543 g/mol. The summed E-state index contributed by atoms with van der Waals surface area (Å²) in [5, 5.41) is 0. The SMILES string of the molecule is C/C(Br)=C(\Br)COc1c(Br)cc(Br)cc1Br. The van der Waals surface area contributed by atoms with Gasteiger partial charge in [-0.15, -0.1) is 0 Å². The minimum Gasteiger partial charge on any atom is -0.486 e. The summed E-state index contributed by atoms with van der Waals surface area (Å²) in [7, 11) is 0. The lowest BCUT2D eigenvalue weighted by molar-refractivity contribution is 0.355. The van der Waals surface area contributed by atoms with E-state index in [4.69, 9.17) is 4.74 Å². The van der Waals surface area contributed by atoms with Gasteiger partial charge in [-0.25, -0.2) is 0 Å². The maximum absolute atomic E-state index is 5.70. The van der Waals surface area contributed by atoms with E-state index in [0.29, 0.717) is 6.61 Å². The highest BCUT2D eigenvalue weighted by Gasteiger charge is 2.09. The fraction of sp³-hybridized carbons (Fsp3) is 0.200. The number of hydrogen-bond acceptors (Lipinski definition) is 1. The normalized spacial score (nSPS) is 12.4. The highest BCUT2D eigenvalue weighted by atomic mass is 79.9. The molecule has 0 radical (unpaired) electrons. The first-order valence-corrected chi connectivity index (χ1v) is 8.16. The predicted molar refractivity (Wildman–Crippen MR) is 85.6 cm³/mol. The van der Waals surface area contributed by atoms with Gasteiger partial charge in [0.15, 0.2) is 0 Å². The summed E-state index contributed by atoms with van der Waals surface area (Å²) in [4.78, 5) is 0. The molecule has 0 spiro atoms. The topological polar surface area (TPSA) is 9.23 Å². The fourth-order valence-corrected chi connectivity index (χ4v) is 3.62. The van der Waals surface area contributed by atoms with Crippen molar-refractivity contribution < 1.29 is 4.74 Å². The van der Waals surface area contributed by atoms with Crippen molar-refractivity contribution in [3.05, 3.63) is 34.5 Å². The van der Waals surface area contributed by atoms with Crippen molar-refractivity contribution in [3.63, 3.8) is 0 Å². The zero-order valence-electron chi connectivity index (χ0n) is 8.16. The largest absolute Gasteiger partial charge is 0.486 e. The lowest BCUT2D eigenvalue weighted by Gasteiger charge is -2.10. The van der Waals surface area contributed by atoms with Gasteiger partial charge in [0, 0.05) is 13.4 Å². The molecule has 1 rings (SSSR count). The van der Waals surface area contributed by atoms with Gasteiger partial charge in [0.2, 0.25) is 0 Å². The Labute approximate surface area is 137 Å². The van der Waals surface area contributed by atoms with Crippen LogP contribution in [0.25, 0.3) is 0 Å². The number of rotatable bonds is 3. The molecule has 0 heterocycles. The van der Waals surface area contributed by atoms with E-state index in [1.807, 2.05) is 19.1 Å². The van der Waals surface area contributed by atoms with Crippen LogP contribution >= 0.6 is 79.6 Å². The molecule has 0 aliphatic carbocycles. The van der Waals surface area contributed by atoms with Crippen molar-refractivity contribution in [2.45, 2.75) is 6.92 Å². The molecule has 0 aliphatic heterocycles. The van der Waals surface area contributed by atoms with E-state index in [1.54, 1.807) is 0 Å². The Kier molecular flexibility index (Phi) is 6.59. The smallest absolute Gasteiger partial charge is 0.148 e. The first-order valence-electron chi connectivity index (χ1n) is 4.20. The summed E-state index contributed by atoms with van der Waals surface area (Å²) < 4.78 is 10.5. The first-order chi connectivity index (χ1) is 7.41. The van der Waals surface area contributed by atoms with Gasteiger partial charge in [-0.1, -0.05) is 47.8 Å². The second-order valence-corrected chi connectivity index (χ2v) is 7.70. The standard InChI is InChI=1S/C10H7Br5O/c1-5(11)9(15)4-16-10-7(13)2-6(12)3-8(10)14/h2-3H,4H2,1H3/b9-5+. The molecule has 0 bridgehead atoms. The molecule has 0 atom stereocenters. The summed E-state index contributed by atoms with van der Waals surface area (Å²) in [5.41, 5.74) is 0. The molecule has 0 amide bonds. The van der Waals surface area contributed by atoms with Crippen molar-refractivity contribution >= 4 is 79.6 Å². The Morgan fingerprint density at radius 2 is 1.62 bits per heavy atom. The van der Waals surface area contributed by atoms with E-state index < -0.39 is 0 Å². The predicted octanol–water partition coefficient (Wildman–Crippen LogP) is 6.37. The quantitative estimate of drug-likeness (QED) is 0.431. The number of allylic oxidation sites excluding steroid dienone is 1. The fourth-order valence-electron chi connectivity index (χ4n) is 0.902. The van der Waals surface area contributed by atoms with Crippen LogP contribution in [0.4, 0.5) is 0 Å². The summed E-state index contributed by atoms with van der Waals surface area (Å²) in [6, 6.07) is 3.89. The second-order valence-electron chi connectivity index (χ2n) is 2.93. The van der Waals surface area contributed by atoms with Crippen LogP contribution in [0.15, 0.2) is 34.5 Å². The summed E-state index contributed by atoms with van der Waals surface area (Å²) >= 11 is 17.1. The van der Waals surface area contributed by atoms with Gasteiger partial charge in [-0.3, -0.25) is 0 Å². The molecular weight excluding hydrogens is 536 g/mol. The van der Waals surface area contributed by atoms with Gasteiger partial charge in [-0.05, 0) is 50.9 Å². The van der Waals surface area contributed by atoms with E-state index in [0.717, 1.165) is 28.1 Å². The Hall–Kier alpha value is 1.16. The molecule has 1 aromatic rings. The Morgan fingerprint density at radius 1 is 1.12 bits per heavy atom. The van der Waals surface area contributed by atoms with Gasteiger partial charge < -0.3 is 4.74 Å². The summed E-state index contributed by atoms with van der Waals surface area (Å²) in [6.07, 6.45) is 0. The molecule has 0 saturated carbocycles. The van der Waals surface area contributed by atoms with Crippen molar-refractivity contribution in [1.82, 2.24) is 0 Å². The van der Waals surface area contributed by atoms with Gasteiger partial charge in [0.1, 0.15) is 12.4 Å². The number of benzene rings is 1. The number of hydrogen-bond donors (Lipinski definition) is 0. The van der Waals surface area contributed by atoms with Crippen LogP contribution in [0.5, 0.6) is 5.75 Å². The van der Waals surface area contributed by atoms with Gasteiger partial charge in [0.05, 0.1) is 8.95 Å². The first kappa shape index (κ1) is 15.2. The zero-order chi connectivity index (χ0) is 12.3. The molecule has 1 aromatic carbocycles. The zero-order valence-corrected chi connectivity index (χ0v) is 16.1. The highest BCUT2D eigenvalue weighted by molar-refractivity contribution is 9.14. The van der Waals surface area contributed by atoms with Crippen molar-refractivity contribution in [1.29, 1.82) is 0 Å². The van der Waals surface area contributed by atoms with Crippen molar-refractivity contribution in [3.8, 4) is 5.75 Å². The van der Waals surface area contributed by atoms with E-state index >= 15 is 0 Å². The van der Waals surface area contributed by atoms with Crippen LogP contribution in [-0.4, -0.2) is 6.61 Å². The van der Waals surface area contributed by atoms with Crippen LogP contribution in [0, 0.1) is 0 Å². The van der Waals surface area contributed by atoms with Crippen LogP contribution in [0.3, 0.4) is 0 Å². The average Bonchev–Trinajstić information content (AvgIpc) is 2.15. The molecule has 16 heavy (non-hydrogen) atoms. The molecular formula is C10H7Br5O. The lowest BCUT2D eigenvalue weighted by Crippen LogP contribution is -1.99. The molecule has 6 heteroatoms. The van der Waals surface area contributed by atoms with Gasteiger partial charge in [-0.2, -0.15) is 0 Å². The Bertz CT molecular complexity index is 400. The maximum Gasteiger partial charge on any atom is 0.148 e. The van der Waals surface area contributed by atoms with Crippen LogP contribution in [0.1, 0.15) is 6.92 Å². The maximum atomic E-state index is 5.70. The minimum absolute atomic E-state index is 0.482. The molecule has 0 N–H and O–H groups in total. The van der Waals surface area contributed by atoms with E-state index in [1.165, 1.54) is 0 Å². The van der Waals surface area contributed by atoms with Crippen LogP contribution < -0.4 is 4.74 Å². The van der Waals surface area contributed by atoms with E-state index in [-0.39, 0.29) is 0 Å². The molecule has 1 nitrogen and oxygen atoms in total. The Balaban J connectivity index is 2.87. The minimum atomic E-state index is 0.482. The third kappa shape index (κ3) is 4.44. The third-order valence-electron chi connectivity index (χ3n) is 1.68. The molecule has 0 saturated heterocycles. The third-order valence-corrected chi connectivity index (χ3v) is 5.15. The van der Waals surface area contributed by atoms with E-state index in [2.05, 4.69) is 79.6 Å². The number of ether oxygens (including phenoxy) is 1. The summed E-state index contributed by atoms with van der Waals surface area (Å²) in [6.45, 7) is 2.44. The van der Waals surface area contributed by atoms with Gasteiger partial charge in [0.25, 0.3) is 0 Å². The van der Waals surface area contributed by atoms with Crippen molar-refractivity contribution in [2.24, 2.45) is 0 Å². The lowest BCUT2D eigenvalue weighted by atomic mass is 10.3.